The molecule has 8 amide bonds. The number of benzene rings is 2. The molecule has 22 heteroatoms. The van der Waals surface area contributed by atoms with Crippen LogP contribution in [0.15, 0.2) is 54.6 Å². The quantitative estimate of drug-likeness (QED) is 0.0297. The molecular weight excluding hydrogens is 1070 g/mol. The van der Waals surface area contributed by atoms with Crippen molar-refractivity contribution < 1.29 is 71.6 Å². The summed E-state index contributed by atoms with van der Waals surface area (Å²) < 4.78 is 28.0. The van der Waals surface area contributed by atoms with Gasteiger partial charge in [-0.25, -0.2) is 9.59 Å². The summed E-state index contributed by atoms with van der Waals surface area (Å²) in [6.07, 6.45) is 3.29. The molecule has 0 spiro atoms. The first-order chi connectivity index (χ1) is 39.3. The number of imide groups is 1. The molecule has 22 nitrogen and oxygen atoms in total. The first kappa shape index (κ1) is 69.9. The van der Waals surface area contributed by atoms with Crippen LogP contribution < -0.4 is 31.2 Å². The number of urea groups is 1. The summed E-state index contributed by atoms with van der Waals surface area (Å²) in [7, 11) is 7.67. The highest BCUT2D eigenvalue weighted by Gasteiger charge is 2.40. The fourth-order valence-corrected chi connectivity index (χ4v) is 10.1. The van der Waals surface area contributed by atoms with Gasteiger partial charge in [-0.15, -0.1) is 0 Å². The Bertz CT molecular complexity index is 2530. The lowest BCUT2D eigenvalue weighted by Gasteiger charge is -2.40. The van der Waals surface area contributed by atoms with Gasteiger partial charge >= 0.3 is 18.1 Å². The third kappa shape index (κ3) is 22.1. The SMILES string of the molecule is CC[C@H](C)[C@@H]([C@@H](CC(=O)OCc1ccc(OC)cc1OC)OC)N(C)C(=O)[C@@H](CC(=O)C(C(C)C)N(C)C(=O)OCc1ccc(NC(=O)[C@H](CCCNC(N)=O)CC(=O)C(NC(=O)CCCCCN2C(=O)C=CC2=O)C(C)C)cc1)C(C)C. The molecule has 0 bridgehead atoms. The summed E-state index contributed by atoms with van der Waals surface area (Å²) in [5.41, 5.74) is 6.84. The molecule has 83 heavy (non-hydrogen) atoms. The van der Waals surface area contributed by atoms with Crippen LogP contribution in [-0.2, 0) is 65.8 Å². The van der Waals surface area contributed by atoms with E-state index in [4.69, 9.17) is 29.4 Å². The van der Waals surface area contributed by atoms with E-state index in [1.165, 1.54) is 45.4 Å². The molecular formula is C61H91N7O15. The fourth-order valence-electron chi connectivity index (χ4n) is 10.1. The van der Waals surface area contributed by atoms with Crippen LogP contribution in [0.4, 0.5) is 15.3 Å². The van der Waals surface area contributed by atoms with Gasteiger partial charge in [-0.2, -0.15) is 0 Å². The van der Waals surface area contributed by atoms with E-state index in [-0.39, 0.29) is 117 Å². The largest absolute Gasteiger partial charge is 0.497 e. The second kappa shape index (κ2) is 34.9. The van der Waals surface area contributed by atoms with Crippen molar-refractivity contribution in [1.29, 1.82) is 0 Å². The Labute approximate surface area is 489 Å². The number of anilines is 1. The molecule has 0 radical (unpaired) electrons. The summed E-state index contributed by atoms with van der Waals surface area (Å²) >= 11 is 0. The monoisotopic (exact) mass is 1160 g/mol. The summed E-state index contributed by atoms with van der Waals surface area (Å²) in [4.78, 5) is 135. The van der Waals surface area contributed by atoms with Gasteiger partial charge in [0.2, 0.25) is 17.7 Å². The maximum Gasteiger partial charge on any atom is 0.410 e. The summed E-state index contributed by atoms with van der Waals surface area (Å²) in [6, 6.07) is 8.58. The van der Waals surface area contributed by atoms with Gasteiger partial charge in [-0.3, -0.25) is 43.3 Å². The molecule has 0 saturated heterocycles. The van der Waals surface area contributed by atoms with Crippen molar-refractivity contribution >= 4 is 64.9 Å². The lowest BCUT2D eigenvalue weighted by Crippen LogP contribution is -2.53. The second-order valence-corrected chi connectivity index (χ2v) is 22.3. The normalized spacial score (nSPS) is 14.7. The second-order valence-electron chi connectivity index (χ2n) is 22.3. The number of Topliss-reactive ketones (excluding diaryl/α,β-unsaturated/α-hetero) is 2. The number of nitrogens with two attached hydrogens (primary N) is 1. The van der Waals surface area contributed by atoms with Gasteiger partial charge in [0.25, 0.3) is 11.8 Å². The Morgan fingerprint density at radius 1 is 0.711 bits per heavy atom. The number of unbranched alkanes of at least 4 members (excludes halogenated alkanes) is 2. The average Bonchev–Trinajstić information content (AvgIpc) is 3.99. The number of nitrogens with zero attached hydrogens (tertiary/aromatic N) is 3. The van der Waals surface area contributed by atoms with Crippen LogP contribution in [0.5, 0.6) is 11.5 Å². The van der Waals surface area contributed by atoms with E-state index in [0.29, 0.717) is 60.4 Å². The Kier molecular flexibility index (Phi) is 29.4. The number of carbonyl (C=O) groups excluding carboxylic acids is 10. The van der Waals surface area contributed by atoms with E-state index < -0.39 is 60.1 Å². The Balaban J connectivity index is 1.64. The molecule has 0 aromatic heterocycles. The maximum absolute atomic E-state index is 14.6. The third-order valence-electron chi connectivity index (χ3n) is 15.1. The van der Waals surface area contributed by atoms with Gasteiger partial charge in [-0.05, 0) is 79.2 Å². The van der Waals surface area contributed by atoms with Crippen LogP contribution in [-0.4, -0.2) is 147 Å². The van der Waals surface area contributed by atoms with Crippen molar-refractivity contribution in [2.75, 3.05) is 53.8 Å². The molecule has 2 unspecified atom stereocenters. The highest BCUT2D eigenvalue weighted by atomic mass is 16.6. The first-order valence-electron chi connectivity index (χ1n) is 28.7. The number of hydrogen-bond acceptors (Lipinski definition) is 15. The predicted molar refractivity (Wildman–Crippen MR) is 311 cm³/mol. The Morgan fingerprint density at radius 2 is 1.37 bits per heavy atom. The van der Waals surface area contributed by atoms with E-state index in [2.05, 4.69) is 16.0 Å². The minimum absolute atomic E-state index is 0.0562. The van der Waals surface area contributed by atoms with Crippen molar-refractivity contribution in [1.82, 2.24) is 25.3 Å². The molecule has 460 valence electrons. The Hall–Kier alpha value is -7.36. The fraction of sp³-hybridized carbons (Fsp3) is 0.607. The van der Waals surface area contributed by atoms with Crippen LogP contribution in [0.25, 0.3) is 0 Å². The predicted octanol–water partition coefficient (Wildman–Crippen LogP) is 7.14. The maximum atomic E-state index is 14.6. The Morgan fingerprint density at radius 3 is 1.94 bits per heavy atom. The number of ether oxygens (including phenoxy) is 5. The van der Waals surface area contributed by atoms with Gasteiger partial charge < -0.3 is 55.2 Å². The van der Waals surface area contributed by atoms with E-state index >= 15 is 0 Å². The van der Waals surface area contributed by atoms with Gasteiger partial charge in [0, 0.05) is 94.9 Å². The number of hydrogen-bond donors (Lipinski definition) is 4. The van der Waals surface area contributed by atoms with Crippen LogP contribution >= 0.6 is 0 Å². The van der Waals surface area contributed by atoms with Crippen LogP contribution in [0, 0.1) is 35.5 Å². The number of carbonyl (C=O) groups is 10. The zero-order valence-electron chi connectivity index (χ0n) is 50.9. The third-order valence-corrected chi connectivity index (χ3v) is 15.1. The molecule has 1 aliphatic heterocycles. The zero-order valence-corrected chi connectivity index (χ0v) is 50.9. The number of amides is 8. The number of rotatable bonds is 37. The highest BCUT2D eigenvalue weighted by Crippen LogP contribution is 2.30. The van der Waals surface area contributed by atoms with Crippen LogP contribution in [0.2, 0.25) is 0 Å². The topological polar surface area (TPSA) is 289 Å². The first-order valence-corrected chi connectivity index (χ1v) is 28.7. The summed E-state index contributed by atoms with van der Waals surface area (Å²) in [5, 5.41) is 8.17. The molecule has 2 aromatic carbocycles. The standard InChI is InChI=1S/C61H91N7O15/c1-14-40(8)57(50(81-13)34-54(74)82-36-43-23-26-45(79-11)32-49(43)80-12)66(9)59(76)46(37(2)3)33-48(70)56(39(6)7)67(10)61(78)83-35-41-21-24-44(25-22-41)64-58(75)42(19-18-29-63-60(62)77)31-47(69)55(38(4)5)65-51(71)20-16-15-17-30-68-52(72)27-28-53(68)73/h21-28,32,37-40,42,46,50,55-57H,14-20,29-31,33-36H2,1-13H3,(H,64,75)(H,65,71)(H3,62,63,77)/t40-,42+,46-,50+,55?,56?,57-/m0/s1. The molecule has 0 aliphatic carbocycles. The molecule has 1 heterocycles. The van der Waals surface area contributed by atoms with E-state index in [9.17, 15) is 47.9 Å². The van der Waals surface area contributed by atoms with Crippen molar-refractivity contribution in [3.8, 4) is 11.5 Å². The number of likely N-dealkylation sites (N-methyl/N-ethyl adjacent to an activating group) is 2. The van der Waals surface area contributed by atoms with Gasteiger partial charge in [0.15, 0.2) is 11.6 Å². The number of ketones is 2. The molecule has 1 aliphatic rings. The van der Waals surface area contributed by atoms with Crippen molar-refractivity contribution in [2.24, 2.45) is 41.2 Å². The number of esters is 1. The lowest BCUT2D eigenvalue weighted by molar-refractivity contribution is -0.153. The molecule has 2 aromatic rings. The van der Waals surface area contributed by atoms with Gasteiger partial charge in [0.1, 0.15) is 24.7 Å². The molecule has 7 atom stereocenters. The summed E-state index contributed by atoms with van der Waals surface area (Å²) in [6.45, 7) is 15.0. The average molecular weight is 1160 g/mol. The van der Waals surface area contributed by atoms with Crippen molar-refractivity contribution in [2.45, 2.75) is 157 Å². The molecule has 3 rings (SSSR count). The van der Waals surface area contributed by atoms with E-state index in [1.54, 1.807) is 82.1 Å². The number of nitrogens with one attached hydrogen (secondary N) is 3. The van der Waals surface area contributed by atoms with Gasteiger partial charge in [-0.1, -0.05) is 80.4 Å². The van der Waals surface area contributed by atoms with Crippen LogP contribution in [0.3, 0.4) is 0 Å². The van der Waals surface area contributed by atoms with Crippen molar-refractivity contribution in [3.05, 3.63) is 65.7 Å². The minimum Gasteiger partial charge on any atom is -0.497 e. The number of primary amides is 1. The summed E-state index contributed by atoms with van der Waals surface area (Å²) in [5.74, 6) is -4.66. The minimum atomic E-state index is -0.948. The lowest BCUT2D eigenvalue weighted by atomic mass is 9.83. The van der Waals surface area contributed by atoms with Gasteiger partial charge in [0.05, 0.1) is 44.9 Å². The molecule has 5 N–H and O–H groups in total. The van der Waals surface area contributed by atoms with Crippen molar-refractivity contribution in [3.63, 3.8) is 0 Å². The smallest absolute Gasteiger partial charge is 0.410 e. The number of methoxy groups -OCH3 is 3. The molecule has 0 fully saturated rings. The van der Waals surface area contributed by atoms with Crippen LogP contribution in [0.1, 0.15) is 131 Å². The van der Waals surface area contributed by atoms with E-state index in [1.807, 2.05) is 27.7 Å². The highest BCUT2D eigenvalue weighted by molar-refractivity contribution is 6.12. The molecule has 0 saturated carbocycles. The zero-order chi connectivity index (χ0) is 62.1. The van der Waals surface area contributed by atoms with E-state index in [0.717, 1.165) is 4.90 Å².